The van der Waals surface area contributed by atoms with Crippen LogP contribution in [0.5, 0.6) is 0 Å². The summed E-state index contributed by atoms with van der Waals surface area (Å²) in [5.41, 5.74) is 0.00350. The summed E-state index contributed by atoms with van der Waals surface area (Å²) in [6.45, 7) is 5.68. The summed E-state index contributed by atoms with van der Waals surface area (Å²) in [5, 5.41) is 3.44. The molecule has 0 aromatic carbocycles. The molecule has 0 saturated carbocycles. The van der Waals surface area contributed by atoms with E-state index in [4.69, 9.17) is 0 Å². The average Bonchev–Trinajstić information content (AvgIpc) is 2.83. The Morgan fingerprint density at radius 1 is 1.44 bits per heavy atom. The molecule has 1 saturated heterocycles. The molecular weight excluding hydrogens is 232 g/mol. The average molecular weight is 252 g/mol. The van der Waals surface area contributed by atoms with Crippen LogP contribution in [-0.2, 0) is 0 Å². The maximum Gasteiger partial charge on any atom is 0.323 e. The van der Waals surface area contributed by atoms with Gasteiger partial charge in [0.1, 0.15) is 5.69 Å². The van der Waals surface area contributed by atoms with Gasteiger partial charge in [-0.2, -0.15) is 0 Å². The number of imidazole rings is 1. The van der Waals surface area contributed by atoms with Crippen LogP contribution in [-0.4, -0.2) is 45.9 Å². The molecule has 2 atom stereocenters. The molecule has 0 spiro atoms. The number of carbonyl (C=O) groups excluding carboxylic acids is 1. The van der Waals surface area contributed by atoms with E-state index in [0.29, 0.717) is 18.3 Å². The monoisotopic (exact) mass is 252 g/mol. The van der Waals surface area contributed by atoms with Crippen LogP contribution in [0.1, 0.15) is 37.2 Å². The lowest BCUT2D eigenvalue weighted by Gasteiger charge is -2.39. The van der Waals surface area contributed by atoms with Gasteiger partial charge < -0.3 is 20.2 Å². The normalized spacial score (nSPS) is 24.2. The number of H-pyrrole nitrogens is 2. The topological polar surface area (TPSA) is 81.0 Å². The van der Waals surface area contributed by atoms with Crippen molar-refractivity contribution in [2.24, 2.45) is 0 Å². The lowest BCUT2D eigenvalue weighted by Crippen LogP contribution is -2.58. The van der Waals surface area contributed by atoms with Crippen LogP contribution in [0.15, 0.2) is 11.0 Å². The molecule has 0 bridgehead atoms. The van der Waals surface area contributed by atoms with E-state index in [1.54, 1.807) is 0 Å². The number of aromatic nitrogens is 2. The fourth-order valence-corrected chi connectivity index (χ4v) is 2.35. The Morgan fingerprint density at radius 3 is 2.78 bits per heavy atom. The molecule has 1 amide bonds. The Morgan fingerprint density at radius 2 is 2.22 bits per heavy atom. The zero-order chi connectivity index (χ0) is 13.1. The number of rotatable bonds is 3. The van der Waals surface area contributed by atoms with Crippen LogP contribution in [0.3, 0.4) is 0 Å². The van der Waals surface area contributed by atoms with Crippen LogP contribution in [0.2, 0.25) is 0 Å². The third-order valence-electron chi connectivity index (χ3n) is 3.55. The molecule has 100 valence electrons. The summed E-state index contributed by atoms with van der Waals surface area (Å²) < 4.78 is 0. The van der Waals surface area contributed by atoms with Gasteiger partial charge in [0.25, 0.3) is 5.91 Å². The fraction of sp³-hybridized carbons (Fsp3) is 0.667. The quantitative estimate of drug-likeness (QED) is 0.724. The van der Waals surface area contributed by atoms with Gasteiger partial charge in [0.2, 0.25) is 0 Å². The van der Waals surface area contributed by atoms with Crippen LogP contribution in [0, 0.1) is 0 Å². The Bertz CT molecular complexity index is 465. The van der Waals surface area contributed by atoms with E-state index in [2.05, 4.69) is 29.1 Å². The Hall–Kier alpha value is -1.56. The molecule has 6 heteroatoms. The Labute approximate surface area is 106 Å². The van der Waals surface area contributed by atoms with Gasteiger partial charge in [0.05, 0.1) is 0 Å². The number of amides is 1. The van der Waals surface area contributed by atoms with E-state index in [1.807, 2.05) is 4.90 Å². The zero-order valence-corrected chi connectivity index (χ0v) is 10.8. The van der Waals surface area contributed by atoms with Crippen molar-refractivity contribution in [2.45, 2.75) is 38.8 Å². The highest BCUT2D eigenvalue weighted by Crippen LogP contribution is 2.14. The first kappa shape index (κ1) is 12.9. The Balaban J connectivity index is 2.17. The van der Waals surface area contributed by atoms with Crippen LogP contribution >= 0.6 is 0 Å². The number of nitrogens with zero attached hydrogens (tertiary/aromatic N) is 1. The molecule has 0 radical (unpaired) electrons. The van der Waals surface area contributed by atoms with Crippen molar-refractivity contribution < 1.29 is 4.79 Å². The zero-order valence-electron chi connectivity index (χ0n) is 10.8. The number of piperazine rings is 1. The molecule has 1 aromatic rings. The van der Waals surface area contributed by atoms with Gasteiger partial charge >= 0.3 is 5.69 Å². The lowest BCUT2D eigenvalue weighted by atomic mass is 10.0. The van der Waals surface area contributed by atoms with Crippen LogP contribution in [0.25, 0.3) is 0 Å². The van der Waals surface area contributed by atoms with E-state index in [-0.39, 0.29) is 17.6 Å². The predicted molar refractivity (Wildman–Crippen MR) is 68.6 cm³/mol. The van der Waals surface area contributed by atoms with Gasteiger partial charge in [-0.15, -0.1) is 0 Å². The lowest BCUT2D eigenvalue weighted by molar-refractivity contribution is 0.0570. The second kappa shape index (κ2) is 5.39. The van der Waals surface area contributed by atoms with Gasteiger partial charge in [0.15, 0.2) is 0 Å². The molecule has 6 nitrogen and oxygen atoms in total. The minimum Gasteiger partial charge on any atom is -0.332 e. The van der Waals surface area contributed by atoms with E-state index in [0.717, 1.165) is 19.4 Å². The second-order valence-electron chi connectivity index (χ2n) is 4.69. The predicted octanol–water partition coefficient (Wildman–Crippen LogP) is 0.306. The van der Waals surface area contributed by atoms with Crippen molar-refractivity contribution in [3.63, 3.8) is 0 Å². The summed E-state index contributed by atoms with van der Waals surface area (Å²) >= 11 is 0. The maximum absolute atomic E-state index is 12.4. The molecule has 0 aliphatic carbocycles. The van der Waals surface area contributed by atoms with Gasteiger partial charge in [-0.25, -0.2) is 4.79 Å². The van der Waals surface area contributed by atoms with Crippen molar-refractivity contribution in [2.75, 3.05) is 13.1 Å². The smallest absolute Gasteiger partial charge is 0.323 e. The number of nitrogens with one attached hydrogen (secondary N) is 3. The molecule has 18 heavy (non-hydrogen) atoms. The summed E-state index contributed by atoms with van der Waals surface area (Å²) in [6.07, 6.45) is 3.34. The highest BCUT2D eigenvalue weighted by atomic mass is 16.2. The van der Waals surface area contributed by atoms with Gasteiger partial charge in [-0.3, -0.25) is 4.79 Å². The van der Waals surface area contributed by atoms with Crippen molar-refractivity contribution in [3.05, 3.63) is 22.4 Å². The number of hydrogen-bond acceptors (Lipinski definition) is 3. The first-order valence-corrected chi connectivity index (χ1v) is 6.47. The van der Waals surface area contributed by atoms with Gasteiger partial charge in [-0.1, -0.05) is 13.8 Å². The number of carbonyl (C=O) groups is 1. The Kier molecular flexibility index (Phi) is 3.86. The molecule has 2 unspecified atom stereocenters. The van der Waals surface area contributed by atoms with Gasteiger partial charge in [-0.05, 0) is 12.8 Å². The SMILES string of the molecule is CCC1CN(C(=O)c2c[nH]c(=O)[nH]2)C(CC)CN1. The molecular formula is C12H20N4O2. The standard InChI is InChI=1S/C12H20N4O2/c1-3-8-7-16(9(4-2)5-13-8)11(17)10-6-14-12(18)15-10/h6,8-9,13H,3-5,7H2,1-2H3,(H2,14,15,18). The van der Waals surface area contributed by atoms with E-state index < -0.39 is 0 Å². The van der Waals surface area contributed by atoms with Crippen molar-refractivity contribution in [3.8, 4) is 0 Å². The molecule has 1 aliphatic heterocycles. The van der Waals surface area contributed by atoms with E-state index >= 15 is 0 Å². The summed E-state index contributed by atoms with van der Waals surface area (Å²) in [7, 11) is 0. The van der Waals surface area contributed by atoms with Crippen LogP contribution < -0.4 is 11.0 Å². The summed E-state index contributed by atoms with van der Waals surface area (Å²) in [4.78, 5) is 30.3. The van der Waals surface area contributed by atoms with Crippen LogP contribution in [0.4, 0.5) is 0 Å². The molecule has 2 rings (SSSR count). The first-order chi connectivity index (χ1) is 8.65. The molecule has 1 aromatic heterocycles. The minimum absolute atomic E-state index is 0.0971. The summed E-state index contributed by atoms with van der Waals surface area (Å²) in [6, 6.07) is 0.529. The second-order valence-corrected chi connectivity index (χ2v) is 4.69. The van der Waals surface area contributed by atoms with E-state index in [1.165, 1.54) is 6.20 Å². The largest absolute Gasteiger partial charge is 0.332 e. The van der Waals surface area contributed by atoms with E-state index in [9.17, 15) is 9.59 Å². The first-order valence-electron chi connectivity index (χ1n) is 6.47. The molecule has 1 aliphatic rings. The van der Waals surface area contributed by atoms with Crippen molar-refractivity contribution in [1.82, 2.24) is 20.2 Å². The fourth-order valence-electron chi connectivity index (χ4n) is 2.35. The molecule has 3 N–H and O–H groups in total. The third-order valence-corrected chi connectivity index (χ3v) is 3.55. The number of aromatic amines is 2. The third kappa shape index (κ3) is 2.48. The minimum atomic E-state index is -0.339. The highest BCUT2D eigenvalue weighted by molar-refractivity contribution is 5.92. The van der Waals surface area contributed by atoms with Gasteiger partial charge in [0, 0.05) is 31.4 Å². The molecule has 1 fully saturated rings. The molecule has 2 heterocycles. The number of hydrogen-bond donors (Lipinski definition) is 3. The highest BCUT2D eigenvalue weighted by Gasteiger charge is 2.30. The van der Waals surface area contributed by atoms with Crippen molar-refractivity contribution in [1.29, 1.82) is 0 Å². The van der Waals surface area contributed by atoms with Crippen molar-refractivity contribution >= 4 is 5.91 Å². The summed E-state index contributed by atoms with van der Waals surface area (Å²) in [5.74, 6) is -0.0971. The maximum atomic E-state index is 12.4.